The summed E-state index contributed by atoms with van der Waals surface area (Å²) in [6, 6.07) is 3.33. The van der Waals surface area contributed by atoms with Crippen molar-refractivity contribution < 1.29 is 23.5 Å². The molecule has 1 N–H and O–H groups in total. The van der Waals surface area contributed by atoms with Crippen LogP contribution in [-0.4, -0.2) is 60.5 Å². The average Bonchev–Trinajstić information content (AvgIpc) is 2.38. The fourth-order valence-corrected chi connectivity index (χ4v) is 1.74. The van der Waals surface area contributed by atoms with E-state index in [1.54, 1.807) is 19.0 Å². The lowest BCUT2D eigenvalue weighted by Crippen LogP contribution is -2.41. The van der Waals surface area contributed by atoms with Gasteiger partial charge < -0.3 is 14.9 Å². The number of benzene rings is 1. The van der Waals surface area contributed by atoms with Gasteiger partial charge in [0, 0.05) is 18.7 Å². The van der Waals surface area contributed by atoms with Crippen molar-refractivity contribution in [1.82, 2.24) is 9.80 Å². The minimum Gasteiger partial charge on any atom is -0.480 e. The molecule has 0 atom stereocenters. The van der Waals surface area contributed by atoms with E-state index in [4.69, 9.17) is 5.11 Å². The Labute approximate surface area is 121 Å². The van der Waals surface area contributed by atoms with Gasteiger partial charge in [-0.05, 0) is 26.2 Å². The van der Waals surface area contributed by atoms with Crippen LogP contribution in [0.15, 0.2) is 18.2 Å². The Morgan fingerprint density at radius 1 is 1.14 bits per heavy atom. The van der Waals surface area contributed by atoms with Crippen LogP contribution in [0.3, 0.4) is 0 Å². The van der Waals surface area contributed by atoms with Gasteiger partial charge in [-0.3, -0.25) is 9.59 Å². The first kappa shape index (κ1) is 17.0. The van der Waals surface area contributed by atoms with Crippen LogP contribution in [0, 0.1) is 11.6 Å². The van der Waals surface area contributed by atoms with E-state index < -0.39 is 36.5 Å². The number of nitrogens with zero attached hydrogens (tertiary/aromatic N) is 2. The standard InChI is InChI=1S/C14H18F2N2O3/c1-17(2)6-7-18(9-14(20)21)13(19)8-10-11(15)4-3-5-12(10)16/h3-5H,6-9H2,1-2H3,(H,20,21). The molecule has 1 aromatic carbocycles. The van der Waals surface area contributed by atoms with Crippen LogP contribution in [0.1, 0.15) is 5.56 Å². The first-order valence-corrected chi connectivity index (χ1v) is 6.38. The molecule has 0 spiro atoms. The summed E-state index contributed by atoms with van der Waals surface area (Å²) in [5, 5.41) is 8.82. The van der Waals surface area contributed by atoms with Crippen LogP contribution < -0.4 is 0 Å². The fourth-order valence-electron chi connectivity index (χ4n) is 1.74. The predicted octanol–water partition coefficient (Wildman–Crippen LogP) is 0.982. The van der Waals surface area contributed by atoms with Crippen molar-refractivity contribution >= 4 is 11.9 Å². The van der Waals surface area contributed by atoms with Gasteiger partial charge >= 0.3 is 5.97 Å². The molecule has 0 aromatic heterocycles. The molecule has 0 bridgehead atoms. The summed E-state index contributed by atoms with van der Waals surface area (Å²) in [4.78, 5) is 25.7. The molecule has 1 aromatic rings. The van der Waals surface area contributed by atoms with Gasteiger partial charge in [-0.1, -0.05) is 6.07 Å². The largest absolute Gasteiger partial charge is 0.480 e. The Hall–Kier alpha value is -2.02. The molecule has 7 heteroatoms. The maximum absolute atomic E-state index is 13.5. The number of amides is 1. The highest BCUT2D eigenvalue weighted by atomic mass is 19.1. The number of likely N-dealkylation sites (N-methyl/N-ethyl adjacent to an activating group) is 1. The smallest absolute Gasteiger partial charge is 0.323 e. The van der Waals surface area contributed by atoms with Gasteiger partial charge in [-0.2, -0.15) is 0 Å². The highest BCUT2D eigenvalue weighted by Gasteiger charge is 2.20. The van der Waals surface area contributed by atoms with Gasteiger partial charge in [-0.25, -0.2) is 8.78 Å². The monoisotopic (exact) mass is 300 g/mol. The fraction of sp³-hybridized carbons (Fsp3) is 0.429. The molecule has 5 nitrogen and oxygen atoms in total. The summed E-state index contributed by atoms with van der Waals surface area (Å²) in [6.07, 6.45) is -0.501. The van der Waals surface area contributed by atoms with E-state index in [0.717, 1.165) is 17.0 Å². The highest BCUT2D eigenvalue weighted by molar-refractivity contribution is 5.83. The second-order valence-corrected chi connectivity index (χ2v) is 4.89. The van der Waals surface area contributed by atoms with Crippen LogP contribution >= 0.6 is 0 Å². The molecule has 21 heavy (non-hydrogen) atoms. The molecule has 0 aliphatic heterocycles. The maximum atomic E-state index is 13.5. The number of hydrogen-bond acceptors (Lipinski definition) is 3. The normalized spacial score (nSPS) is 10.7. The van der Waals surface area contributed by atoms with E-state index in [1.807, 2.05) is 0 Å². The first-order chi connectivity index (χ1) is 9.81. The molecule has 0 unspecified atom stereocenters. The number of aliphatic carboxylic acids is 1. The Morgan fingerprint density at radius 3 is 2.19 bits per heavy atom. The number of hydrogen-bond donors (Lipinski definition) is 1. The minimum atomic E-state index is -1.17. The van der Waals surface area contributed by atoms with Gasteiger partial charge in [0.15, 0.2) is 0 Å². The molecule has 0 fully saturated rings. The summed E-state index contributed by atoms with van der Waals surface area (Å²) < 4.78 is 27.0. The molecular weight excluding hydrogens is 282 g/mol. The van der Waals surface area contributed by atoms with E-state index in [-0.39, 0.29) is 12.1 Å². The van der Waals surface area contributed by atoms with Crippen molar-refractivity contribution in [3.05, 3.63) is 35.4 Å². The zero-order chi connectivity index (χ0) is 16.0. The molecule has 1 rings (SSSR count). The van der Waals surface area contributed by atoms with E-state index >= 15 is 0 Å². The lowest BCUT2D eigenvalue weighted by Gasteiger charge is -2.23. The summed E-state index contributed by atoms with van der Waals surface area (Å²) >= 11 is 0. The molecule has 0 aliphatic rings. The molecule has 0 saturated heterocycles. The predicted molar refractivity (Wildman–Crippen MR) is 72.8 cm³/mol. The summed E-state index contributed by atoms with van der Waals surface area (Å²) in [6.45, 7) is 0.135. The average molecular weight is 300 g/mol. The molecule has 1 amide bonds. The van der Waals surface area contributed by atoms with E-state index in [0.29, 0.717) is 6.54 Å². The number of rotatable bonds is 7. The number of carbonyl (C=O) groups excluding carboxylic acids is 1. The van der Waals surface area contributed by atoms with E-state index in [2.05, 4.69) is 0 Å². The Morgan fingerprint density at radius 2 is 1.71 bits per heavy atom. The van der Waals surface area contributed by atoms with Crippen LogP contribution in [-0.2, 0) is 16.0 Å². The lowest BCUT2D eigenvalue weighted by molar-refractivity contribution is -0.144. The molecular formula is C14H18F2N2O3. The van der Waals surface area contributed by atoms with Crippen molar-refractivity contribution in [1.29, 1.82) is 0 Å². The number of carboxylic acids is 1. The second-order valence-electron chi connectivity index (χ2n) is 4.89. The van der Waals surface area contributed by atoms with Crippen molar-refractivity contribution in [2.75, 3.05) is 33.7 Å². The second kappa shape index (κ2) is 7.68. The third-order valence-corrected chi connectivity index (χ3v) is 2.89. The third kappa shape index (κ3) is 5.47. The molecule has 0 aliphatic carbocycles. The molecule has 0 heterocycles. The maximum Gasteiger partial charge on any atom is 0.323 e. The minimum absolute atomic E-state index is 0.175. The Balaban J connectivity index is 2.82. The molecule has 116 valence electrons. The topological polar surface area (TPSA) is 60.9 Å². The summed E-state index contributed by atoms with van der Waals surface area (Å²) in [7, 11) is 3.56. The van der Waals surface area contributed by atoms with Gasteiger partial charge in [-0.15, -0.1) is 0 Å². The van der Waals surface area contributed by atoms with Gasteiger partial charge in [0.1, 0.15) is 18.2 Å². The number of carbonyl (C=O) groups is 2. The van der Waals surface area contributed by atoms with Crippen LogP contribution in [0.25, 0.3) is 0 Å². The van der Waals surface area contributed by atoms with Crippen molar-refractivity contribution in [2.24, 2.45) is 0 Å². The van der Waals surface area contributed by atoms with Crippen LogP contribution in [0.2, 0.25) is 0 Å². The van der Waals surface area contributed by atoms with Gasteiger partial charge in [0.25, 0.3) is 0 Å². The zero-order valence-electron chi connectivity index (χ0n) is 12.0. The number of halogens is 2. The third-order valence-electron chi connectivity index (χ3n) is 2.89. The molecule has 0 radical (unpaired) electrons. The Bertz CT molecular complexity index is 501. The van der Waals surface area contributed by atoms with Crippen molar-refractivity contribution in [2.45, 2.75) is 6.42 Å². The Kier molecular flexibility index (Phi) is 6.23. The van der Waals surface area contributed by atoms with Crippen molar-refractivity contribution in [3.63, 3.8) is 0 Å². The van der Waals surface area contributed by atoms with Crippen molar-refractivity contribution in [3.8, 4) is 0 Å². The number of carboxylic acid groups (broad SMARTS) is 1. The highest BCUT2D eigenvalue weighted by Crippen LogP contribution is 2.13. The summed E-state index contributed by atoms with van der Waals surface area (Å²) in [5.74, 6) is -3.42. The van der Waals surface area contributed by atoms with E-state index in [1.165, 1.54) is 6.07 Å². The first-order valence-electron chi connectivity index (χ1n) is 6.38. The van der Waals surface area contributed by atoms with E-state index in [9.17, 15) is 18.4 Å². The van der Waals surface area contributed by atoms with Gasteiger partial charge in [0.05, 0.1) is 6.42 Å². The van der Waals surface area contributed by atoms with Gasteiger partial charge in [0.2, 0.25) is 5.91 Å². The van der Waals surface area contributed by atoms with Crippen LogP contribution in [0.5, 0.6) is 0 Å². The molecule has 0 saturated carbocycles. The van der Waals surface area contributed by atoms with Crippen LogP contribution in [0.4, 0.5) is 8.78 Å². The lowest BCUT2D eigenvalue weighted by atomic mass is 10.1. The summed E-state index contributed by atoms with van der Waals surface area (Å²) in [5.41, 5.74) is -0.345. The zero-order valence-corrected chi connectivity index (χ0v) is 12.0. The quantitative estimate of drug-likeness (QED) is 0.815. The SMILES string of the molecule is CN(C)CCN(CC(=O)O)C(=O)Cc1c(F)cccc1F.